The first kappa shape index (κ1) is 23.1. The number of hydrogen-bond donors (Lipinski definition) is 5. The average Bonchev–Trinajstić information content (AvgIpc) is 2.72. The van der Waals surface area contributed by atoms with E-state index in [1.807, 2.05) is 36.4 Å². The minimum atomic E-state index is -1.49. The van der Waals surface area contributed by atoms with Gasteiger partial charge in [-0.3, -0.25) is 9.59 Å². The lowest BCUT2D eigenvalue weighted by Crippen LogP contribution is -2.57. The van der Waals surface area contributed by atoms with Crippen molar-refractivity contribution in [2.24, 2.45) is 5.73 Å². The van der Waals surface area contributed by atoms with Gasteiger partial charge >= 0.3 is 5.97 Å². The molecule has 160 valence electrons. The molecule has 0 saturated carbocycles. The highest BCUT2D eigenvalue weighted by molar-refractivity contribution is 5.92. The number of carboxylic acid groups (broad SMARTS) is 1. The zero-order valence-corrected chi connectivity index (χ0v) is 16.7. The number of hydrogen-bond acceptors (Lipinski definition) is 5. The Bertz CT molecular complexity index is 842. The Morgan fingerprint density at radius 2 is 1.37 bits per heavy atom. The van der Waals surface area contributed by atoms with E-state index in [-0.39, 0.29) is 12.8 Å². The van der Waals surface area contributed by atoms with Crippen molar-refractivity contribution >= 4 is 17.8 Å². The van der Waals surface area contributed by atoms with Crippen molar-refractivity contribution in [2.75, 3.05) is 0 Å². The first-order valence-corrected chi connectivity index (χ1v) is 9.63. The molecule has 0 aliphatic heterocycles. The largest absolute Gasteiger partial charge is 0.480 e. The van der Waals surface area contributed by atoms with E-state index >= 15 is 0 Å². The summed E-state index contributed by atoms with van der Waals surface area (Å²) in [4.78, 5) is 36.7. The molecule has 2 rings (SSSR count). The third-order valence-corrected chi connectivity index (χ3v) is 4.60. The summed E-state index contributed by atoms with van der Waals surface area (Å²) in [7, 11) is 0. The van der Waals surface area contributed by atoms with E-state index < -0.39 is 42.0 Å². The lowest BCUT2D eigenvalue weighted by atomic mass is 10.0. The molecule has 0 aliphatic rings. The number of amides is 2. The van der Waals surface area contributed by atoms with Crippen LogP contribution in [-0.4, -0.2) is 52.2 Å². The van der Waals surface area contributed by atoms with Crippen LogP contribution >= 0.6 is 0 Å². The highest BCUT2D eigenvalue weighted by Crippen LogP contribution is 2.07. The van der Waals surface area contributed by atoms with Crippen LogP contribution < -0.4 is 16.4 Å². The van der Waals surface area contributed by atoms with Gasteiger partial charge < -0.3 is 26.6 Å². The number of aliphatic carboxylic acids is 1. The maximum absolute atomic E-state index is 12.7. The van der Waals surface area contributed by atoms with Crippen LogP contribution in [0.1, 0.15) is 18.1 Å². The summed E-state index contributed by atoms with van der Waals surface area (Å²) in [5.41, 5.74) is 7.67. The zero-order valence-electron chi connectivity index (χ0n) is 16.7. The second-order valence-corrected chi connectivity index (χ2v) is 7.11. The first-order valence-electron chi connectivity index (χ1n) is 9.63. The first-order chi connectivity index (χ1) is 14.3. The Morgan fingerprint density at radius 1 is 0.867 bits per heavy atom. The van der Waals surface area contributed by atoms with E-state index in [2.05, 4.69) is 10.6 Å². The number of rotatable bonds is 10. The average molecular weight is 413 g/mol. The van der Waals surface area contributed by atoms with Crippen molar-refractivity contribution in [3.8, 4) is 0 Å². The van der Waals surface area contributed by atoms with Gasteiger partial charge in [-0.05, 0) is 24.5 Å². The van der Waals surface area contributed by atoms with Crippen molar-refractivity contribution < 1.29 is 24.6 Å². The number of carbonyl (C=O) groups excluding carboxylic acids is 2. The monoisotopic (exact) mass is 413 g/mol. The topological polar surface area (TPSA) is 142 Å². The van der Waals surface area contributed by atoms with Crippen molar-refractivity contribution in [1.29, 1.82) is 0 Å². The summed E-state index contributed by atoms with van der Waals surface area (Å²) < 4.78 is 0. The molecule has 0 saturated heterocycles. The van der Waals surface area contributed by atoms with Crippen LogP contribution in [0.5, 0.6) is 0 Å². The Kier molecular flexibility index (Phi) is 8.52. The van der Waals surface area contributed by atoms with Crippen LogP contribution in [0.4, 0.5) is 0 Å². The summed E-state index contributed by atoms with van der Waals surface area (Å²) in [5, 5.41) is 23.8. The Hall–Kier alpha value is -3.23. The molecule has 2 aromatic carbocycles. The number of carboxylic acids is 1. The van der Waals surface area contributed by atoms with Crippen molar-refractivity contribution in [3.05, 3.63) is 71.8 Å². The molecule has 0 bridgehead atoms. The molecule has 0 heterocycles. The molecule has 0 spiro atoms. The smallest absolute Gasteiger partial charge is 0.328 e. The third-order valence-electron chi connectivity index (χ3n) is 4.60. The van der Waals surface area contributed by atoms with Gasteiger partial charge in [0.05, 0.1) is 12.1 Å². The molecule has 0 fully saturated rings. The number of aliphatic hydroxyl groups excluding tert-OH is 1. The van der Waals surface area contributed by atoms with Crippen LogP contribution in [0.3, 0.4) is 0 Å². The lowest BCUT2D eigenvalue weighted by molar-refractivity contribution is -0.145. The van der Waals surface area contributed by atoms with Gasteiger partial charge in [0, 0.05) is 6.42 Å². The van der Waals surface area contributed by atoms with Gasteiger partial charge in [-0.25, -0.2) is 4.79 Å². The SMILES string of the molecule is CC(O)C(NC(=O)C(Cc1ccccc1)NC(=O)C(N)Cc1ccccc1)C(=O)O. The molecule has 0 aromatic heterocycles. The molecule has 8 heteroatoms. The molecular weight excluding hydrogens is 386 g/mol. The van der Waals surface area contributed by atoms with Gasteiger partial charge in [0.1, 0.15) is 6.04 Å². The maximum Gasteiger partial charge on any atom is 0.328 e. The molecule has 4 atom stereocenters. The zero-order chi connectivity index (χ0) is 22.1. The molecule has 2 amide bonds. The predicted molar refractivity (Wildman–Crippen MR) is 111 cm³/mol. The van der Waals surface area contributed by atoms with Gasteiger partial charge in [-0.1, -0.05) is 60.7 Å². The van der Waals surface area contributed by atoms with E-state index in [9.17, 15) is 24.6 Å². The molecule has 0 radical (unpaired) electrons. The van der Waals surface area contributed by atoms with Crippen molar-refractivity contribution in [2.45, 2.75) is 44.0 Å². The third kappa shape index (κ3) is 6.98. The minimum absolute atomic E-state index is 0.141. The van der Waals surface area contributed by atoms with Crippen molar-refractivity contribution in [1.82, 2.24) is 10.6 Å². The summed E-state index contributed by atoms with van der Waals surface area (Å²) in [6.07, 6.45) is -0.875. The fraction of sp³-hybridized carbons (Fsp3) is 0.318. The Balaban J connectivity index is 2.13. The van der Waals surface area contributed by atoms with Crippen molar-refractivity contribution in [3.63, 3.8) is 0 Å². The number of carbonyl (C=O) groups is 3. The standard InChI is InChI=1S/C22H27N3O5/c1-14(26)19(22(29)30)25-21(28)18(13-16-10-6-3-7-11-16)24-20(27)17(23)12-15-8-4-2-5-9-15/h2-11,14,17-19,26H,12-13,23H2,1H3,(H,24,27)(H,25,28)(H,29,30). The van der Waals surface area contributed by atoms with Crippen LogP contribution in [0, 0.1) is 0 Å². The number of nitrogens with one attached hydrogen (secondary N) is 2. The van der Waals surface area contributed by atoms with E-state index in [1.54, 1.807) is 24.3 Å². The fourth-order valence-corrected chi connectivity index (χ4v) is 2.94. The quantitative estimate of drug-likeness (QED) is 0.378. The second kappa shape index (κ2) is 11.1. The van der Waals surface area contributed by atoms with Gasteiger partial charge in [-0.2, -0.15) is 0 Å². The fourth-order valence-electron chi connectivity index (χ4n) is 2.94. The molecule has 30 heavy (non-hydrogen) atoms. The highest BCUT2D eigenvalue weighted by atomic mass is 16.4. The molecule has 0 aliphatic carbocycles. The number of nitrogens with two attached hydrogens (primary N) is 1. The highest BCUT2D eigenvalue weighted by Gasteiger charge is 2.30. The molecule has 8 nitrogen and oxygen atoms in total. The summed E-state index contributed by atoms with van der Waals surface area (Å²) in [5.74, 6) is -2.62. The molecule has 2 aromatic rings. The summed E-state index contributed by atoms with van der Waals surface area (Å²) >= 11 is 0. The van der Waals surface area contributed by atoms with Gasteiger partial charge in [0.15, 0.2) is 6.04 Å². The van der Waals surface area contributed by atoms with E-state index in [0.29, 0.717) is 0 Å². The van der Waals surface area contributed by atoms with E-state index in [0.717, 1.165) is 11.1 Å². The molecule has 4 unspecified atom stereocenters. The van der Waals surface area contributed by atoms with Gasteiger partial charge in [0.2, 0.25) is 11.8 Å². The van der Waals surface area contributed by atoms with Crippen LogP contribution in [0.2, 0.25) is 0 Å². The lowest BCUT2D eigenvalue weighted by Gasteiger charge is -2.24. The van der Waals surface area contributed by atoms with Crippen LogP contribution in [0.25, 0.3) is 0 Å². The van der Waals surface area contributed by atoms with Gasteiger partial charge in [0.25, 0.3) is 0 Å². The minimum Gasteiger partial charge on any atom is -0.480 e. The Labute approximate surface area is 175 Å². The van der Waals surface area contributed by atoms with E-state index in [4.69, 9.17) is 5.73 Å². The summed E-state index contributed by atoms with van der Waals surface area (Å²) in [6.45, 7) is 1.26. The Morgan fingerprint density at radius 3 is 1.83 bits per heavy atom. The van der Waals surface area contributed by atoms with Gasteiger partial charge in [-0.15, -0.1) is 0 Å². The van der Waals surface area contributed by atoms with Crippen LogP contribution in [-0.2, 0) is 27.2 Å². The second-order valence-electron chi connectivity index (χ2n) is 7.11. The maximum atomic E-state index is 12.7. The predicted octanol–water partition coefficient (Wildman–Crippen LogP) is 0.234. The van der Waals surface area contributed by atoms with E-state index in [1.165, 1.54) is 6.92 Å². The van der Waals surface area contributed by atoms with Crippen LogP contribution in [0.15, 0.2) is 60.7 Å². The summed E-state index contributed by atoms with van der Waals surface area (Å²) in [6, 6.07) is 14.8. The number of benzene rings is 2. The normalized spacial score (nSPS) is 14.8. The molecular formula is C22H27N3O5. The number of aliphatic hydroxyl groups is 1. The molecule has 6 N–H and O–H groups in total.